The summed E-state index contributed by atoms with van der Waals surface area (Å²) in [4.78, 5) is 3.62. The molecule has 0 saturated heterocycles. The van der Waals surface area contributed by atoms with Crippen LogP contribution in [-0.2, 0) is 0 Å². The minimum absolute atomic E-state index is 0.290. The van der Waals surface area contributed by atoms with Crippen LogP contribution < -0.4 is 0 Å². The molecule has 0 N–H and O–H groups in total. The third-order valence-corrected chi connectivity index (χ3v) is 1.67. The molecular formula is C10H16F3N. The molecule has 0 amide bonds. The molecule has 0 aromatic rings. The van der Waals surface area contributed by atoms with Gasteiger partial charge in [-0.3, -0.25) is 4.99 Å². The molecule has 0 aliphatic rings. The van der Waals surface area contributed by atoms with E-state index in [0.29, 0.717) is 12.0 Å². The molecule has 0 radical (unpaired) electrons. The Bertz CT molecular complexity index is 234. The molecule has 0 spiro atoms. The zero-order chi connectivity index (χ0) is 11.4. The lowest BCUT2D eigenvalue weighted by Crippen LogP contribution is -2.23. The summed E-state index contributed by atoms with van der Waals surface area (Å²) in [5.41, 5.74) is -0.184. The third kappa shape index (κ3) is 5.04. The predicted octanol–water partition coefficient (Wildman–Crippen LogP) is 3.75. The van der Waals surface area contributed by atoms with Crippen molar-refractivity contribution >= 4 is 5.71 Å². The average molecular weight is 207 g/mol. The number of allylic oxidation sites excluding steroid dienone is 2. The number of aliphatic imine (C=N–C) groups is 1. The number of hydrogen-bond donors (Lipinski definition) is 0. The lowest BCUT2D eigenvalue weighted by atomic mass is 10.2. The van der Waals surface area contributed by atoms with E-state index in [1.807, 2.05) is 6.92 Å². The second-order valence-electron chi connectivity index (χ2n) is 3.49. The summed E-state index contributed by atoms with van der Waals surface area (Å²) in [6.07, 6.45) is -2.66. The Labute approximate surface area is 82.7 Å². The molecule has 0 heterocycles. The van der Waals surface area contributed by atoms with Crippen LogP contribution in [-0.4, -0.2) is 17.9 Å². The van der Waals surface area contributed by atoms with E-state index in [1.54, 1.807) is 20.8 Å². The SMILES string of the molecule is CCC(C)N=C(C=C(C)C)C(F)(F)F. The van der Waals surface area contributed by atoms with E-state index in [2.05, 4.69) is 4.99 Å². The van der Waals surface area contributed by atoms with Gasteiger partial charge in [-0.2, -0.15) is 13.2 Å². The quantitative estimate of drug-likeness (QED) is 0.625. The van der Waals surface area contributed by atoms with Gasteiger partial charge in [-0.15, -0.1) is 0 Å². The van der Waals surface area contributed by atoms with Crippen molar-refractivity contribution in [2.75, 3.05) is 0 Å². The van der Waals surface area contributed by atoms with Crippen LogP contribution in [0, 0.1) is 0 Å². The van der Waals surface area contributed by atoms with E-state index in [0.717, 1.165) is 6.08 Å². The molecule has 0 saturated carbocycles. The highest BCUT2D eigenvalue weighted by atomic mass is 19.4. The first-order chi connectivity index (χ1) is 6.27. The van der Waals surface area contributed by atoms with Gasteiger partial charge in [0.15, 0.2) is 0 Å². The predicted molar refractivity (Wildman–Crippen MR) is 52.7 cm³/mol. The second-order valence-corrected chi connectivity index (χ2v) is 3.49. The zero-order valence-electron chi connectivity index (χ0n) is 8.94. The van der Waals surface area contributed by atoms with Crippen molar-refractivity contribution < 1.29 is 13.2 Å². The Morgan fingerprint density at radius 3 is 2.14 bits per heavy atom. The lowest BCUT2D eigenvalue weighted by molar-refractivity contribution is -0.0580. The Morgan fingerprint density at radius 1 is 1.36 bits per heavy atom. The fourth-order valence-corrected chi connectivity index (χ4v) is 0.794. The van der Waals surface area contributed by atoms with Crippen LogP contribution in [0.3, 0.4) is 0 Å². The number of halogens is 3. The van der Waals surface area contributed by atoms with Crippen molar-refractivity contribution in [3.8, 4) is 0 Å². The molecule has 1 unspecified atom stereocenters. The smallest absolute Gasteiger partial charge is 0.277 e. The fourth-order valence-electron chi connectivity index (χ4n) is 0.794. The third-order valence-electron chi connectivity index (χ3n) is 1.67. The van der Waals surface area contributed by atoms with Crippen LogP contribution in [0.5, 0.6) is 0 Å². The van der Waals surface area contributed by atoms with Crippen LogP contribution in [0.4, 0.5) is 13.2 Å². The summed E-state index contributed by atoms with van der Waals surface area (Å²) >= 11 is 0. The molecular weight excluding hydrogens is 191 g/mol. The molecule has 0 bridgehead atoms. The van der Waals surface area contributed by atoms with Crippen LogP contribution in [0.15, 0.2) is 16.6 Å². The van der Waals surface area contributed by atoms with Gasteiger partial charge in [0.05, 0.1) is 0 Å². The van der Waals surface area contributed by atoms with E-state index in [4.69, 9.17) is 0 Å². The Kier molecular flexibility index (Phi) is 4.88. The standard InChI is InChI=1S/C10H16F3N/c1-5-8(4)14-9(6-7(2)3)10(11,12)13/h6,8H,5H2,1-4H3. The molecule has 0 aromatic heterocycles. The van der Waals surface area contributed by atoms with E-state index in [1.165, 1.54) is 0 Å². The molecule has 14 heavy (non-hydrogen) atoms. The van der Waals surface area contributed by atoms with Crippen molar-refractivity contribution in [2.45, 2.75) is 46.3 Å². The summed E-state index contributed by atoms with van der Waals surface area (Å²) < 4.78 is 37.2. The second kappa shape index (κ2) is 5.17. The molecule has 0 aliphatic carbocycles. The van der Waals surface area contributed by atoms with Crippen molar-refractivity contribution in [2.24, 2.45) is 4.99 Å². The van der Waals surface area contributed by atoms with E-state index < -0.39 is 11.9 Å². The first-order valence-corrected chi connectivity index (χ1v) is 4.57. The zero-order valence-corrected chi connectivity index (χ0v) is 8.94. The van der Waals surface area contributed by atoms with Gasteiger partial charge in [-0.25, -0.2) is 0 Å². The van der Waals surface area contributed by atoms with Crippen LogP contribution in [0.25, 0.3) is 0 Å². The molecule has 0 rings (SSSR count). The average Bonchev–Trinajstić information content (AvgIpc) is 2.00. The number of rotatable bonds is 3. The maximum atomic E-state index is 12.4. The van der Waals surface area contributed by atoms with Crippen LogP contribution in [0.2, 0.25) is 0 Å². The molecule has 1 atom stereocenters. The van der Waals surface area contributed by atoms with Gasteiger partial charge in [-0.05, 0) is 33.3 Å². The van der Waals surface area contributed by atoms with E-state index in [9.17, 15) is 13.2 Å². The van der Waals surface area contributed by atoms with Gasteiger partial charge in [0.2, 0.25) is 0 Å². The first kappa shape index (κ1) is 13.2. The van der Waals surface area contributed by atoms with Gasteiger partial charge < -0.3 is 0 Å². The van der Waals surface area contributed by atoms with E-state index in [-0.39, 0.29) is 6.04 Å². The van der Waals surface area contributed by atoms with Gasteiger partial charge in [0.25, 0.3) is 0 Å². The minimum Gasteiger partial charge on any atom is -0.277 e. The van der Waals surface area contributed by atoms with Gasteiger partial charge in [0.1, 0.15) is 5.71 Å². The summed E-state index contributed by atoms with van der Waals surface area (Å²) in [5, 5.41) is 0. The highest BCUT2D eigenvalue weighted by Gasteiger charge is 2.34. The van der Waals surface area contributed by atoms with Crippen molar-refractivity contribution in [1.82, 2.24) is 0 Å². The fraction of sp³-hybridized carbons (Fsp3) is 0.700. The largest absolute Gasteiger partial charge is 0.432 e. The number of hydrogen-bond acceptors (Lipinski definition) is 1. The molecule has 0 fully saturated rings. The normalized spacial score (nSPS) is 15.2. The van der Waals surface area contributed by atoms with Gasteiger partial charge in [0, 0.05) is 6.04 Å². The molecule has 0 aromatic carbocycles. The Balaban J connectivity index is 4.92. The van der Waals surface area contributed by atoms with Gasteiger partial charge >= 0.3 is 6.18 Å². The molecule has 1 nitrogen and oxygen atoms in total. The summed E-state index contributed by atoms with van der Waals surface area (Å²) in [5.74, 6) is 0. The number of alkyl halides is 3. The van der Waals surface area contributed by atoms with Crippen molar-refractivity contribution in [3.63, 3.8) is 0 Å². The maximum absolute atomic E-state index is 12.4. The molecule has 82 valence electrons. The van der Waals surface area contributed by atoms with Crippen molar-refractivity contribution in [1.29, 1.82) is 0 Å². The highest BCUT2D eigenvalue weighted by Crippen LogP contribution is 2.20. The first-order valence-electron chi connectivity index (χ1n) is 4.57. The highest BCUT2D eigenvalue weighted by molar-refractivity contribution is 5.99. The number of nitrogens with zero attached hydrogens (tertiary/aromatic N) is 1. The Hall–Kier alpha value is -0.800. The summed E-state index contributed by atoms with van der Waals surface area (Å²) in [6.45, 7) is 6.73. The topological polar surface area (TPSA) is 12.4 Å². The lowest BCUT2D eigenvalue weighted by Gasteiger charge is -2.10. The maximum Gasteiger partial charge on any atom is 0.432 e. The van der Waals surface area contributed by atoms with Gasteiger partial charge in [-0.1, -0.05) is 12.5 Å². The minimum atomic E-state index is -4.35. The summed E-state index contributed by atoms with van der Waals surface area (Å²) in [6, 6.07) is -0.290. The summed E-state index contributed by atoms with van der Waals surface area (Å²) in [7, 11) is 0. The van der Waals surface area contributed by atoms with Crippen LogP contribution >= 0.6 is 0 Å². The molecule has 0 aliphatic heterocycles. The Morgan fingerprint density at radius 2 is 1.86 bits per heavy atom. The van der Waals surface area contributed by atoms with Crippen LogP contribution in [0.1, 0.15) is 34.1 Å². The molecule has 4 heteroatoms. The van der Waals surface area contributed by atoms with Crippen molar-refractivity contribution in [3.05, 3.63) is 11.6 Å². The monoisotopic (exact) mass is 207 g/mol. The van der Waals surface area contributed by atoms with E-state index >= 15 is 0 Å².